The molecule has 1 saturated heterocycles. The lowest BCUT2D eigenvalue weighted by Gasteiger charge is -2.23. The topological polar surface area (TPSA) is 29.1 Å². The molecule has 0 aliphatic carbocycles. The standard InChI is InChI=1S/C10H21NOSi/c1-13(2,3)8-9-6-4-5-7-10(12)11-9/h9H,4-8H2,1-3H3,(H,11,12). The zero-order valence-corrected chi connectivity index (χ0v) is 10.0. The van der Waals surface area contributed by atoms with E-state index >= 15 is 0 Å². The Morgan fingerprint density at radius 2 is 2.08 bits per heavy atom. The van der Waals surface area contributed by atoms with Gasteiger partial charge in [0.25, 0.3) is 0 Å². The summed E-state index contributed by atoms with van der Waals surface area (Å²) in [5.74, 6) is 0.265. The van der Waals surface area contributed by atoms with Gasteiger partial charge in [0.1, 0.15) is 0 Å². The van der Waals surface area contributed by atoms with Crippen LogP contribution in [0, 0.1) is 0 Å². The number of hydrogen-bond acceptors (Lipinski definition) is 1. The predicted molar refractivity (Wildman–Crippen MR) is 58.6 cm³/mol. The highest BCUT2D eigenvalue weighted by molar-refractivity contribution is 6.76. The summed E-state index contributed by atoms with van der Waals surface area (Å²) in [5.41, 5.74) is 0. The molecule has 0 bridgehead atoms. The zero-order valence-electron chi connectivity index (χ0n) is 9.02. The van der Waals surface area contributed by atoms with Crippen molar-refractivity contribution in [3.8, 4) is 0 Å². The van der Waals surface area contributed by atoms with Gasteiger partial charge in [-0.1, -0.05) is 26.1 Å². The Morgan fingerprint density at radius 1 is 1.38 bits per heavy atom. The quantitative estimate of drug-likeness (QED) is 0.680. The Labute approximate surface area is 82.1 Å². The lowest BCUT2D eigenvalue weighted by Crippen LogP contribution is -2.38. The van der Waals surface area contributed by atoms with Crippen molar-refractivity contribution in [2.75, 3.05) is 0 Å². The summed E-state index contributed by atoms with van der Waals surface area (Å²) in [6, 6.07) is 1.71. The lowest BCUT2D eigenvalue weighted by molar-refractivity contribution is -0.121. The van der Waals surface area contributed by atoms with Crippen LogP contribution in [-0.2, 0) is 4.79 Å². The fraction of sp³-hybridized carbons (Fsp3) is 0.900. The first kappa shape index (κ1) is 10.8. The summed E-state index contributed by atoms with van der Waals surface area (Å²) in [5, 5.41) is 3.13. The molecule has 0 spiro atoms. The van der Waals surface area contributed by atoms with Crippen LogP contribution in [0.1, 0.15) is 25.7 Å². The van der Waals surface area contributed by atoms with Crippen LogP contribution in [0.5, 0.6) is 0 Å². The van der Waals surface area contributed by atoms with Crippen LogP contribution in [-0.4, -0.2) is 20.0 Å². The monoisotopic (exact) mass is 199 g/mol. The molecule has 2 nitrogen and oxygen atoms in total. The van der Waals surface area contributed by atoms with Gasteiger partial charge in [0.2, 0.25) is 5.91 Å². The van der Waals surface area contributed by atoms with Crippen LogP contribution in [0.15, 0.2) is 0 Å². The Morgan fingerprint density at radius 3 is 2.69 bits per heavy atom. The first-order valence-electron chi connectivity index (χ1n) is 5.27. The van der Waals surface area contributed by atoms with Gasteiger partial charge in [0.15, 0.2) is 0 Å². The number of carbonyl (C=O) groups is 1. The van der Waals surface area contributed by atoms with Gasteiger partial charge >= 0.3 is 0 Å². The molecule has 0 aromatic rings. The molecule has 1 aliphatic heterocycles. The third-order valence-corrected chi connectivity index (χ3v) is 4.15. The molecule has 3 heteroatoms. The number of carbonyl (C=O) groups excluding carboxylic acids is 1. The second kappa shape index (κ2) is 4.27. The second-order valence-electron chi connectivity index (χ2n) is 5.28. The van der Waals surface area contributed by atoms with Gasteiger partial charge in [-0.3, -0.25) is 4.79 Å². The third kappa shape index (κ3) is 4.46. The number of rotatable bonds is 2. The van der Waals surface area contributed by atoms with Crippen molar-refractivity contribution in [3.63, 3.8) is 0 Å². The van der Waals surface area contributed by atoms with Crippen molar-refractivity contribution in [3.05, 3.63) is 0 Å². The van der Waals surface area contributed by atoms with Gasteiger partial charge < -0.3 is 5.32 Å². The molecule has 1 rings (SSSR count). The van der Waals surface area contributed by atoms with Crippen LogP contribution in [0.25, 0.3) is 0 Å². The minimum absolute atomic E-state index is 0.265. The summed E-state index contributed by atoms with van der Waals surface area (Å²) in [4.78, 5) is 11.3. The maximum Gasteiger partial charge on any atom is 0.220 e. The minimum Gasteiger partial charge on any atom is -0.354 e. The number of nitrogens with one attached hydrogen (secondary N) is 1. The van der Waals surface area contributed by atoms with Crippen molar-refractivity contribution in [2.45, 2.75) is 57.4 Å². The number of hydrogen-bond donors (Lipinski definition) is 1. The summed E-state index contributed by atoms with van der Waals surface area (Å²) in [6.07, 6.45) is 4.22. The predicted octanol–water partition coefficient (Wildman–Crippen LogP) is 2.38. The summed E-state index contributed by atoms with van der Waals surface area (Å²) in [7, 11) is -1.01. The maximum atomic E-state index is 11.3. The van der Waals surface area contributed by atoms with E-state index < -0.39 is 8.07 Å². The molecule has 76 valence electrons. The largest absolute Gasteiger partial charge is 0.354 e. The molecule has 1 atom stereocenters. The summed E-state index contributed by atoms with van der Waals surface area (Å²) >= 11 is 0. The average Bonchev–Trinajstić information content (AvgIpc) is 2.10. The molecule has 1 heterocycles. The Hall–Kier alpha value is -0.313. The second-order valence-corrected chi connectivity index (χ2v) is 10.8. The van der Waals surface area contributed by atoms with Crippen LogP contribution in [0.3, 0.4) is 0 Å². The van der Waals surface area contributed by atoms with Crippen molar-refractivity contribution >= 4 is 14.0 Å². The first-order valence-corrected chi connectivity index (χ1v) is 8.97. The molecule has 1 aliphatic rings. The van der Waals surface area contributed by atoms with E-state index in [2.05, 4.69) is 25.0 Å². The molecule has 0 saturated carbocycles. The van der Waals surface area contributed by atoms with Crippen molar-refractivity contribution < 1.29 is 4.79 Å². The smallest absolute Gasteiger partial charge is 0.220 e. The molecule has 0 aromatic heterocycles. The van der Waals surface area contributed by atoms with E-state index in [4.69, 9.17) is 0 Å². The minimum atomic E-state index is -1.01. The zero-order chi connectivity index (χ0) is 9.90. The van der Waals surface area contributed by atoms with Gasteiger partial charge in [-0.05, 0) is 18.9 Å². The Kier molecular flexibility index (Phi) is 3.53. The van der Waals surface area contributed by atoms with Gasteiger partial charge in [0.05, 0.1) is 0 Å². The van der Waals surface area contributed by atoms with Gasteiger partial charge in [-0.2, -0.15) is 0 Å². The van der Waals surface area contributed by atoms with Crippen LogP contribution in [0.4, 0.5) is 0 Å². The maximum absolute atomic E-state index is 11.3. The lowest BCUT2D eigenvalue weighted by atomic mass is 10.1. The van der Waals surface area contributed by atoms with E-state index in [1.165, 1.54) is 18.9 Å². The van der Waals surface area contributed by atoms with E-state index in [0.717, 1.165) is 12.8 Å². The van der Waals surface area contributed by atoms with Crippen molar-refractivity contribution in [1.29, 1.82) is 0 Å². The first-order chi connectivity index (χ1) is 5.97. The third-order valence-electron chi connectivity index (χ3n) is 2.43. The average molecular weight is 199 g/mol. The van der Waals surface area contributed by atoms with Crippen LogP contribution >= 0.6 is 0 Å². The van der Waals surface area contributed by atoms with E-state index in [1.807, 2.05) is 0 Å². The Balaban J connectivity index is 2.44. The molecular formula is C10H21NOSi. The van der Waals surface area contributed by atoms with Crippen molar-refractivity contribution in [1.82, 2.24) is 5.32 Å². The van der Waals surface area contributed by atoms with Crippen LogP contribution in [0.2, 0.25) is 25.7 Å². The molecule has 0 radical (unpaired) electrons. The van der Waals surface area contributed by atoms with Gasteiger partial charge in [0, 0.05) is 20.5 Å². The summed E-state index contributed by atoms with van der Waals surface area (Å²) < 4.78 is 0. The molecule has 13 heavy (non-hydrogen) atoms. The van der Waals surface area contributed by atoms with E-state index in [9.17, 15) is 4.79 Å². The fourth-order valence-corrected chi connectivity index (χ4v) is 3.73. The molecule has 0 aromatic carbocycles. The van der Waals surface area contributed by atoms with Gasteiger partial charge in [-0.25, -0.2) is 0 Å². The number of amides is 1. The highest BCUT2D eigenvalue weighted by atomic mass is 28.3. The molecule has 1 N–H and O–H groups in total. The summed E-state index contributed by atoms with van der Waals surface area (Å²) in [6.45, 7) is 7.10. The van der Waals surface area contributed by atoms with Gasteiger partial charge in [-0.15, -0.1) is 0 Å². The molecule has 1 fully saturated rings. The fourth-order valence-electron chi connectivity index (χ4n) is 1.94. The van der Waals surface area contributed by atoms with E-state index in [1.54, 1.807) is 0 Å². The van der Waals surface area contributed by atoms with E-state index in [-0.39, 0.29) is 5.91 Å². The Bertz CT molecular complexity index is 186. The van der Waals surface area contributed by atoms with E-state index in [0.29, 0.717) is 6.04 Å². The van der Waals surface area contributed by atoms with Crippen LogP contribution < -0.4 is 5.32 Å². The van der Waals surface area contributed by atoms with Crippen molar-refractivity contribution in [2.24, 2.45) is 0 Å². The molecular weight excluding hydrogens is 178 g/mol. The SMILES string of the molecule is C[Si](C)(C)CC1CCCCC(=O)N1. The highest BCUT2D eigenvalue weighted by Gasteiger charge is 2.23. The normalized spacial score (nSPS) is 25.2. The molecule has 1 unspecified atom stereocenters. The highest BCUT2D eigenvalue weighted by Crippen LogP contribution is 2.18. The molecule has 1 amide bonds.